The van der Waals surface area contributed by atoms with Crippen LogP contribution in [0.3, 0.4) is 0 Å². The summed E-state index contributed by atoms with van der Waals surface area (Å²) >= 11 is 0. The minimum Gasteiger partial charge on any atom is -0.507 e. The van der Waals surface area contributed by atoms with Gasteiger partial charge in [0, 0.05) is 38.3 Å². The quantitative estimate of drug-likeness (QED) is 0.420. The Labute approximate surface area is 233 Å². The number of nitrogens with two attached hydrogens (primary N) is 1. The average Bonchev–Trinajstić information content (AvgIpc) is 3.24. The van der Waals surface area contributed by atoms with Crippen LogP contribution in [0.25, 0.3) is 0 Å². The molecule has 7 atom stereocenters. The van der Waals surface area contributed by atoms with Gasteiger partial charge in [-0.1, -0.05) is 0 Å². The fourth-order valence-corrected chi connectivity index (χ4v) is 7.85. The van der Waals surface area contributed by atoms with Crippen molar-refractivity contribution in [2.75, 3.05) is 39.6 Å². The zero-order valence-corrected chi connectivity index (χ0v) is 23.6. The Balaban J connectivity index is 1.62. The number of aromatic hydroxyl groups is 1. The number of aliphatic hydroxyl groups is 1. The number of phenolic OH excluding ortho intramolecular Hbond substituents is 1. The lowest BCUT2D eigenvalue weighted by Crippen LogP contribution is -2.74. The van der Waals surface area contributed by atoms with Gasteiger partial charge in [-0.05, 0) is 76.4 Å². The van der Waals surface area contributed by atoms with Gasteiger partial charge >= 0.3 is 0 Å². The Morgan fingerprint density at radius 2 is 1.82 bits per heavy atom. The van der Waals surface area contributed by atoms with E-state index >= 15 is 0 Å². The van der Waals surface area contributed by atoms with Gasteiger partial charge in [-0.2, -0.15) is 0 Å². The van der Waals surface area contributed by atoms with Gasteiger partial charge in [-0.25, -0.2) is 0 Å². The number of amides is 1. The van der Waals surface area contributed by atoms with Crippen LogP contribution < -0.4 is 10.6 Å². The molecule has 1 amide bonds. The highest BCUT2D eigenvalue weighted by Gasteiger charge is 2.69. The zero-order valence-electron chi connectivity index (χ0n) is 23.6. The van der Waals surface area contributed by atoms with Gasteiger partial charge < -0.3 is 20.8 Å². The fourth-order valence-electron chi connectivity index (χ4n) is 7.85. The summed E-state index contributed by atoms with van der Waals surface area (Å²) in [4.78, 5) is 72.5. The number of phenols is 1. The van der Waals surface area contributed by atoms with Crippen LogP contribution in [0.5, 0.6) is 5.75 Å². The number of fused-ring (bicyclic) bond motifs is 3. The third-order valence-electron chi connectivity index (χ3n) is 9.62. The zero-order chi connectivity index (χ0) is 29.4. The number of rotatable bonds is 5. The standard InChI is InChI=1S/C29H38N4O7/c1-13-7-6-8-33(13)12-15-11-18(34)20-16(22(15)31(2)3)9-14-10-17-23(32(4)5)25(36)21(28(30)39)27(38)29(17,40)26(37)19(14)24(20)35/h11,13-14,17,19,21,23,34,40H,6-10,12H2,1-5H3,(H2,30,39)/t13-,14-,17-,19?,21?,23-,29-/m0/s1. The van der Waals surface area contributed by atoms with Crippen molar-refractivity contribution in [1.82, 2.24) is 9.80 Å². The summed E-state index contributed by atoms with van der Waals surface area (Å²) in [7, 11) is 6.88. The van der Waals surface area contributed by atoms with Gasteiger partial charge in [0.1, 0.15) is 5.75 Å². The lowest BCUT2D eigenvalue weighted by Gasteiger charge is -2.52. The first-order valence-corrected chi connectivity index (χ1v) is 13.9. The molecule has 1 aromatic carbocycles. The highest BCUT2D eigenvalue weighted by molar-refractivity contribution is 6.32. The topological polar surface area (TPSA) is 162 Å². The monoisotopic (exact) mass is 554 g/mol. The van der Waals surface area contributed by atoms with E-state index in [-0.39, 0.29) is 24.2 Å². The molecule has 5 rings (SSSR count). The third-order valence-corrected chi connectivity index (χ3v) is 9.62. The van der Waals surface area contributed by atoms with E-state index in [0.29, 0.717) is 18.2 Å². The number of carbonyl (C=O) groups excluding carboxylic acids is 5. The summed E-state index contributed by atoms with van der Waals surface area (Å²) in [5.74, 6) is -10.3. The molecule has 216 valence electrons. The number of nitrogens with zero attached hydrogens (tertiary/aromatic N) is 3. The second kappa shape index (κ2) is 9.74. The molecule has 1 heterocycles. The van der Waals surface area contributed by atoms with Gasteiger partial charge in [0.25, 0.3) is 0 Å². The molecule has 11 heteroatoms. The van der Waals surface area contributed by atoms with Crippen LogP contribution >= 0.6 is 0 Å². The first-order valence-electron chi connectivity index (χ1n) is 13.9. The number of carbonyl (C=O) groups is 5. The Morgan fingerprint density at radius 3 is 2.38 bits per heavy atom. The maximum atomic E-state index is 14.0. The van der Waals surface area contributed by atoms with Crippen molar-refractivity contribution in [2.24, 2.45) is 29.4 Å². The molecular weight excluding hydrogens is 516 g/mol. The minimum absolute atomic E-state index is 0.0218. The molecule has 4 N–H and O–H groups in total. The molecule has 1 aromatic rings. The van der Waals surface area contributed by atoms with Crippen LogP contribution in [0.1, 0.15) is 47.7 Å². The predicted octanol–water partition coefficient (Wildman–Crippen LogP) is -0.0827. The molecule has 1 saturated heterocycles. The van der Waals surface area contributed by atoms with Crippen molar-refractivity contribution in [1.29, 1.82) is 0 Å². The first-order chi connectivity index (χ1) is 18.7. The molecule has 2 unspecified atom stereocenters. The number of anilines is 1. The van der Waals surface area contributed by atoms with Crippen LogP contribution in [0.4, 0.5) is 5.69 Å². The predicted molar refractivity (Wildman–Crippen MR) is 145 cm³/mol. The Hall–Kier alpha value is -3.15. The Bertz CT molecular complexity index is 1320. The lowest BCUT2D eigenvalue weighted by atomic mass is 9.52. The molecular formula is C29H38N4O7. The average molecular weight is 555 g/mol. The van der Waals surface area contributed by atoms with Gasteiger partial charge in [0.2, 0.25) is 5.91 Å². The summed E-state index contributed by atoms with van der Waals surface area (Å²) in [6.07, 6.45) is 2.45. The van der Waals surface area contributed by atoms with Crippen LogP contribution in [0, 0.1) is 23.7 Å². The lowest BCUT2D eigenvalue weighted by molar-refractivity contribution is -0.181. The van der Waals surface area contributed by atoms with Gasteiger partial charge in [0.15, 0.2) is 34.7 Å². The molecule has 0 radical (unpaired) electrons. The minimum atomic E-state index is -2.72. The highest BCUT2D eigenvalue weighted by atomic mass is 16.3. The van der Waals surface area contributed by atoms with Crippen LogP contribution in [0.15, 0.2) is 6.07 Å². The number of ketones is 4. The highest BCUT2D eigenvalue weighted by Crippen LogP contribution is 2.52. The van der Waals surface area contributed by atoms with Crippen molar-refractivity contribution in [3.05, 3.63) is 22.8 Å². The van der Waals surface area contributed by atoms with Gasteiger partial charge in [-0.3, -0.25) is 33.8 Å². The van der Waals surface area contributed by atoms with Crippen LogP contribution in [-0.4, -0.2) is 101 Å². The van der Waals surface area contributed by atoms with E-state index in [9.17, 15) is 34.2 Å². The maximum Gasteiger partial charge on any atom is 0.235 e. The second-order valence-corrected chi connectivity index (χ2v) is 12.4. The smallest absolute Gasteiger partial charge is 0.235 e. The second-order valence-electron chi connectivity index (χ2n) is 12.4. The van der Waals surface area contributed by atoms with E-state index in [2.05, 4.69) is 11.8 Å². The molecule has 3 fully saturated rings. The fraction of sp³-hybridized carbons (Fsp3) is 0.621. The molecule has 1 aliphatic heterocycles. The number of likely N-dealkylation sites (tertiary alicyclic amines) is 1. The summed E-state index contributed by atoms with van der Waals surface area (Å²) in [5, 5.41) is 22.8. The molecule has 3 aliphatic carbocycles. The summed E-state index contributed by atoms with van der Waals surface area (Å²) in [5.41, 5.74) is 4.98. The molecule has 11 nitrogen and oxygen atoms in total. The Morgan fingerprint density at radius 1 is 1.15 bits per heavy atom. The summed E-state index contributed by atoms with van der Waals surface area (Å²) < 4.78 is 0. The molecule has 4 aliphatic rings. The van der Waals surface area contributed by atoms with E-state index in [1.54, 1.807) is 20.2 Å². The molecule has 40 heavy (non-hydrogen) atoms. The van der Waals surface area contributed by atoms with Crippen LogP contribution in [-0.2, 0) is 32.1 Å². The van der Waals surface area contributed by atoms with Crippen molar-refractivity contribution >= 4 is 34.7 Å². The van der Waals surface area contributed by atoms with Crippen molar-refractivity contribution < 1.29 is 34.2 Å². The van der Waals surface area contributed by atoms with Gasteiger partial charge in [-0.15, -0.1) is 0 Å². The molecule has 0 spiro atoms. The third kappa shape index (κ3) is 3.93. The number of Topliss-reactive ketones (excluding diaryl/α,β-unsaturated/α-hetero) is 4. The number of hydrogen-bond acceptors (Lipinski definition) is 10. The van der Waals surface area contributed by atoms with Crippen molar-refractivity contribution in [3.63, 3.8) is 0 Å². The van der Waals surface area contributed by atoms with Crippen molar-refractivity contribution in [2.45, 2.75) is 56.8 Å². The number of hydrogen-bond donors (Lipinski definition) is 3. The Kier molecular flexibility index (Phi) is 6.91. The maximum absolute atomic E-state index is 14.0. The van der Waals surface area contributed by atoms with E-state index < -0.39 is 64.4 Å². The molecule has 2 saturated carbocycles. The van der Waals surface area contributed by atoms with Crippen LogP contribution in [0.2, 0.25) is 0 Å². The van der Waals surface area contributed by atoms with Gasteiger partial charge in [0.05, 0.1) is 17.5 Å². The normalized spacial score (nSPS) is 34.1. The van der Waals surface area contributed by atoms with E-state index in [4.69, 9.17) is 5.73 Å². The summed E-state index contributed by atoms with van der Waals surface area (Å²) in [6.45, 7) is 3.70. The number of primary amides is 1. The van der Waals surface area contributed by atoms with E-state index in [1.807, 2.05) is 19.0 Å². The number of likely N-dealkylation sites (N-methyl/N-ethyl adjacent to an activating group) is 1. The SMILES string of the molecule is C[C@H]1CCCN1Cc1cc(O)c2c(c1N(C)C)C[C@H]1C[C@H]3[C@H](N(C)C)C(=O)C(C(N)=O)C(=O)[C@@]3(O)C(=O)C1C2=O. The van der Waals surface area contributed by atoms with E-state index in [1.165, 1.54) is 4.90 Å². The summed E-state index contributed by atoms with van der Waals surface area (Å²) in [6, 6.07) is 0.852. The molecule has 0 bridgehead atoms. The van der Waals surface area contributed by atoms with E-state index in [0.717, 1.165) is 30.6 Å². The molecule has 0 aromatic heterocycles. The van der Waals surface area contributed by atoms with Crippen molar-refractivity contribution in [3.8, 4) is 5.75 Å². The first kappa shape index (κ1) is 28.4. The largest absolute Gasteiger partial charge is 0.507 e. The number of benzene rings is 1.